The van der Waals surface area contributed by atoms with E-state index in [0.29, 0.717) is 77.7 Å². The summed E-state index contributed by atoms with van der Waals surface area (Å²) in [7, 11) is 0. The molecule has 0 aliphatic carbocycles. The Balaban J connectivity index is 0.000000228. The number of ether oxygens (including phenoxy) is 3. The summed E-state index contributed by atoms with van der Waals surface area (Å²) >= 11 is 0. The Hall–Kier alpha value is -7.24. The Bertz CT molecular complexity index is 2510. The number of urea groups is 1. The van der Waals surface area contributed by atoms with Crippen LogP contribution in [0.5, 0.6) is 0 Å². The lowest BCUT2D eigenvalue weighted by Crippen LogP contribution is -2.28. The van der Waals surface area contributed by atoms with Gasteiger partial charge < -0.3 is 35.5 Å². The van der Waals surface area contributed by atoms with Gasteiger partial charge in [-0.1, -0.05) is 26.0 Å². The van der Waals surface area contributed by atoms with Crippen LogP contribution >= 0.6 is 0 Å². The van der Waals surface area contributed by atoms with Crippen molar-refractivity contribution in [1.29, 1.82) is 0 Å². The van der Waals surface area contributed by atoms with Gasteiger partial charge in [0.1, 0.15) is 0 Å². The number of carbonyl (C=O) groups is 4. The molecule has 0 bridgehead atoms. The first kappa shape index (κ1) is 43.9. The lowest BCUT2D eigenvalue weighted by Gasteiger charge is -2.14. The molecule has 0 saturated carbocycles. The van der Waals surface area contributed by atoms with E-state index in [1.54, 1.807) is 54.9 Å². The lowest BCUT2D eigenvalue weighted by molar-refractivity contribution is 0.0516. The molecule has 5 N–H and O–H groups in total. The third-order valence-electron chi connectivity index (χ3n) is 9.01. The first-order valence-corrected chi connectivity index (χ1v) is 19.5. The van der Waals surface area contributed by atoms with Crippen molar-refractivity contribution in [2.75, 3.05) is 47.6 Å². The topological polar surface area (TPSA) is 216 Å². The van der Waals surface area contributed by atoms with Crippen LogP contribution < -0.4 is 26.6 Å². The zero-order chi connectivity index (χ0) is 43.5. The number of esters is 2. The molecule has 316 valence electrons. The number of fused-ring (bicyclic) bond motifs is 2. The monoisotopic (exact) mass is 821 g/mol. The maximum absolute atomic E-state index is 12.3. The van der Waals surface area contributed by atoms with Crippen LogP contribution in [0.3, 0.4) is 0 Å². The van der Waals surface area contributed by atoms with E-state index in [1.807, 2.05) is 77.1 Å². The quantitative estimate of drug-likeness (QED) is 0.0554. The number of aryl methyl sites for hydroxylation is 4. The minimum Gasteiger partial charge on any atom is -0.462 e. The fourth-order valence-electron chi connectivity index (χ4n) is 6.02. The number of hydrogen-bond acceptors (Lipinski definition) is 13. The van der Waals surface area contributed by atoms with Crippen LogP contribution in [0.4, 0.5) is 44.2 Å². The van der Waals surface area contributed by atoms with Crippen molar-refractivity contribution in [1.82, 2.24) is 34.5 Å². The summed E-state index contributed by atoms with van der Waals surface area (Å²) in [5, 5.41) is 31.2. The van der Waals surface area contributed by atoms with E-state index in [4.69, 9.17) is 14.2 Å². The van der Waals surface area contributed by atoms with E-state index < -0.39 is 12.1 Å². The summed E-state index contributed by atoms with van der Waals surface area (Å²) in [5.74, 6) is 0.368. The van der Waals surface area contributed by atoms with Crippen molar-refractivity contribution in [3.63, 3.8) is 0 Å². The third kappa shape index (κ3) is 10.6. The summed E-state index contributed by atoms with van der Waals surface area (Å²) in [5.41, 5.74) is 8.35. The van der Waals surface area contributed by atoms with Crippen LogP contribution in [-0.4, -0.2) is 79.6 Å². The standard InChI is InChI=1S/C22H27N5O4.C20H24N6O3/c1-6-30-20(28)18-10-17-11-23-26-21(27(17)15(18)5)25-19-9-16(8-7-14(19)4)24-22(29)31-12-13(2)3;1-5-21-20(28)23-14-8-7-12(3)17(9-14)24-19-25-22-11-15-10-16(13(4)26(15)19)18(27)29-6-2/h7-11,13H,6,12H2,1-5H3,(H,24,29)(H,25,26);7-11H,5-6H2,1-4H3,(H,24,25)(H2,21,23,28). The largest absolute Gasteiger partial charge is 0.462 e. The molecule has 0 atom stereocenters. The average Bonchev–Trinajstić information content (AvgIpc) is 3.74. The van der Waals surface area contributed by atoms with Crippen molar-refractivity contribution in [3.8, 4) is 0 Å². The highest BCUT2D eigenvalue weighted by molar-refractivity contribution is 5.94. The van der Waals surface area contributed by atoms with Crippen molar-refractivity contribution < 1.29 is 33.4 Å². The first-order valence-electron chi connectivity index (χ1n) is 19.5. The summed E-state index contributed by atoms with van der Waals surface area (Å²) < 4.78 is 19.0. The molecule has 60 heavy (non-hydrogen) atoms. The molecule has 18 heteroatoms. The maximum Gasteiger partial charge on any atom is 0.411 e. The summed E-state index contributed by atoms with van der Waals surface area (Å²) in [6, 6.07) is 14.2. The number of amides is 3. The minimum absolute atomic E-state index is 0.254. The highest BCUT2D eigenvalue weighted by Crippen LogP contribution is 2.28. The van der Waals surface area contributed by atoms with Crippen LogP contribution in [0.1, 0.15) is 77.8 Å². The molecule has 4 aromatic heterocycles. The lowest BCUT2D eigenvalue weighted by atomic mass is 10.2. The number of anilines is 6. The van der Waals surface area contributed by atoms with E-state index >= 15 is 0 Å². The number of rotatable bonds is 13. The summed E-state index contributed by atoms with van der Waals surface area (Å²) in [4.78, 5) is 48.2. The fraction of sp³-hybridized carbons (Fsp3) is 0.333. The second-order valence-corrected chi connectivity index (χ2v) is 14.0. The van der Waals surface area contributed by atoms with E-state index in [9.17, 15) is 19.2 Å². The van der Waals surface area contributed by atoms with Gasteiger partial charge in [0.2, 0.25) is 11.9 Å². The highest BCUT2D eigenvalue weighted by atomic mass is 16.5. The van der Waals surface area contributed by atoms with Crippen LogP contribution in [0.2, 0.25) is 0 Å². The zero-order valence-electron chi connectivity index (χ0n) is 35.2. The highest BCUT2D eigenvalue weighted by Gasteiger charge is 2.20. The molecule has 6 rings (SSSR count). The van der Waals surface area contributed by atoms with E-state index in [1.165, 1.54) is 0 Å². The van der Waals surface area contributed by atoms with E-state index in [-0.39, 0.29) is 17.9 Å². The molecule has 0 radical (unpaired) electrons. The fourth-order valence-corrected chi connectivity index (χ4v) is 6.02. The first-order chi connectivity index (χ1) is 28.7. The van der Waals surface area contributed by atoms with Gasteiger partial charge in [-0.3, -0.25) is 14.1 Å². The summed E-state index contributed by atoms with van der Waals surface area (Å²) in [6.07, 6.45) is 2.66. The number of nitrogens with zero attached hydrogens (tertiary/aromatic N) is 6. The van der Waals surface area contributed by atoms with Gasteiger partial charge >= 0.3 is 24.1 Å². The molecule has 0 aliphatic heterocycles. The van der Waals surface area contributed by atoms with Gasteiger partial charge in [0.15, 0.2) is 0 Å². The van der Waals surface area contributed by atoms with Crippen LogP contribution in [-0.2, 0) is 14.2 Å². The third-order valence-corrected chi connectivity index (χ3v) is 9.01. The van der Waals surface area contributed by atoms with Gasteiger partial charge in [0.25, 0.3) is 0 Å². The van der Waals surface area contributed by atoms with Gasteiger partial charge in [-0.2, -0.15) is 10.2 Å². The average molecular weight is 822 g/mol. The molecule has 0 fully saturated rings. The molecule has 0 aliphatic rings. The van der Waals surface area contributed by atoms with Gasteiger partial charge in [-0.05, 0) is 102 Å². The molecule has 3 amide bonds. The van der Waals surface area contributed by atoms with Crippen molar-refractivity contribution >= 4 is 69.7 Å². The molecular weight excluding hydrogens is 771 g/mol. The molecule has 4 heterocycles. The molecule has 6 aromatic rings. The Morgan fingerprint density at radius 2 is 1.12 bits per heavy atom. The zero-order valence-corrected chi connectivity index (χ0v) is 35.2. The predicted octanol–water partition coefficient (Wildman–Crippen LogP) is 7.88. The second-order valence-electron chi connectivity index (χ2n) is 14.0. The molecular formula is C42H51N11O7. The van der Waals surface area contributed by atoms with Gasteiger partial charge in [0.05, 0.1) is 54.4 Å². The number of nitrogens with one attached hydrogen (secondary N) is 5. The van der Waals surface area contributed by atoms with Gasteiger partial charge in [-0.25, -0.2) is 19.2 Å². The Labute approximate surface area is 347 Å². The molecule has 2 aromatic carbocycles. The number of carbonyl (C=O) groups excluding carboxylic acids is 4. The number of aromatic nitrogens is 6. The van der Waals surface area contributed by atoms with E-state index in [0.717, 1.165) is 28.0 Å². The Morgan fingerprint density at radius 3 is 1.55 bits per heavy atom. The second kappa shape index (κ2) is 20.0. The van der Waals surface area contributed by atoms with E-state index in [2.05, 4.69) is 47.0 Å². The number of benzene rings is 2. The van der Waals surface area contributed by atoms with Gasteiger partial charge in [0, 0.05) is 40.7 Å². The SMILES string of the molecule is CCNC(=O)Nc1ccc(C)c(Nc2nncc3cc(C(=O)OCC)c(C)n23)c1.CCOC(=O)c1cc2cnnc(Nc3cc(NC(=O)OCC(C)C)ccc3C)n2c1C. The van der Waals surface area contributed by atoms with Crippen molar-refractivity contribution in [2.45, 2.75) is 62.3 Å². The van der Waals surface area contributed by atoms with Crippen LogP contribution in [0, 0.1) is 33.6 Å². The van der Waals surface area contributed by atoms with Gasteiger partial charge in [-0.15, -0.1) is 10.2 Å². The van der Waals surface area contributed by atoms with Crippen molar-refractivity contribution in [2.24, 2.45) is 5.92 Å². The predicted molar refractivity (Wildman–Crippen MR) is 229 cm³/mol. The number of hydrogen-bond donors (Lipinski definition) is 5. The summed E-state index contributed by atoms with van der Waals surface area (Å²) in [6.45, 7) is 18.3. The molecule has 18 nitrogen and oxygen atoms in total. The molecule has 0 spiro atoms. The Morgan fingerprint density at radius 1 is 0.650 bits per heavy atom. The molecule has 0 unspecified atom stereocenters. The Kier molecular flexibility index (Phi) is 14.6. The smallest absolute Gasteiger partial charge is 0.411 e. The molecule has 0 saturated heterocycles. The van der Waals surface area contributed by atoms with Crippen molar-refractivity contribution in [3.05, 3.63) is 94.6 Å². The maximum atomic E-state index is 12.3. The normalized spacial score (nSPS) is 10.8. The van der Waals surface area contributed by atoms with Crippen LogP contribution in [0.25, 0.3) is 11.0 Å². The minimum atomic E-state index is -0.509. The van der Waals surface area contributed by atoms with Crippen LogP contribution in [0.15, 0.2) is 60.9 Å².